The molecular weight excluding hydrogens is 312 g/mol. The van der Waals surface area contributed by atoms with E-state index in [0.29, 0.717) is 11.1 Å². The monoisotopic (exact) mass is 330 g/mol. The Hall–Kier alpha value is -1.01. The molecule has 0 radical (unpaired) electrons. The third kappa shape index (κ3) is 2.05. The maximum absolute atomic E-state index is 9.01. The van der Waals surface area contributed by atoms with E-state index in [1.807, 2.05) is 6.07 Å². The first-order chi connectivity index (χ1) is 9.66. The molecule has 4 aliphatic rings. The van der Waals surface area contributed by atoms with Crippen molar-refractivity contribution in [2.45, 2.75) is 44.1 Å². The molecule has 2 nitrogen and oxygen atoms in total. The molecule has 0 saturated heterocycles. The van der Waals surface area contributed by atoms with E-state index in [9.17, 15) is 0 Å². The van der Waals surface area contributed by atoms with Crippen LogP contribution >= 0.6 is 15.9 Å². The van der Waals surface area contributed by atoms with Crippen LogP contribution in [0.1, 0.15) is 44.1 Å². The molecule has 0 unspecified atom stereocenters. The van der Waals surface area contributed by atoms with Gasteiger partial charge in [0.1, 0.15) is 6.07 Å². The van der Waals surface area contributed by atoms with Gasteiger partial charge in [-0.1, -0.05) is 0 Å². The number of rotatable bonds is 2. The molecule has 4 bridgehead atoms. The van der Waals surface area contributed by atoms with Gasteiger partial charge in [0.15, 0.2) is 0 Å². The van der Waals surface area contributed by atoms with E-state index >= 15 is 0 Å². The van der Waals surface area contributed by atoms with E-state index in [-0.39, 0.29) is 0 Å². The van der Waals surface area contributed by atoms with Gasteiger partial charge in [-0.15, -0.1) is 0 Å². The lowest BCUT2D eigenvalue weighted by Crippen LogP contribution is -2.54. The van der Waals surface area contributed by atoms with Crippen LogP contribution in [0.4, 0.5) is 5.69 Å². The van der Waals surface area contributed by atoms with Gasteiger partial charge < -0.3 is 5.32 Å². The largest absolute Gasteiger partial charge is 0.380 e. The fourth-order valence-electron chi connectivity index (χ4n) is 5.25. The normalized spacial score (nSPS) is 37.7. The SMILES string of the molecule is N#Cc1ccc(NC23CC4CC(CC(C4)C2)C3)cc1Br. The predicted octanol–water partition coefficient (Wildman–Crippen LogP) is 4.70. The molecule has 4 fully saturated rings. The van der Waals surface area contributed by atoms with Crippen LogP contribution in [0.3, 0.4) is 0 Å². The molecule has 3 heteroatoms. The minimum Gasteiger partial charge on any atom is -0.380 e. The molecule has 20 heavy (non-hydrogen) atoms. The number of benzene rings is 1. The molecular formula is C17H19BrN2. The third-order valence-electron chi connectivity index (χ3n) is 5.54. The fraction of sp³-hybridized carbons (Fsp3) is 0.588. The zero-order valence-corrected chi connectivity index (χ0v) is 13.1. The molecule has 4 saturated carbocycles. The van der Waals surface area contributed by atoms with Crippen LogP contribution in [0.5, 0.6) is 0 Å². The standard InChI is InChI=1S/C17H19BrN2/c18-16-6-15(2-1-14(16)10-19)20-17-7-11-3-12(8-17)5-13(4-11)9-17/h1-2,6,11-13,20H,3-5,7-9H2. The highest BCUT2D eigenvalue weighted by Gasteiger charge is 2.50. The lowest BCUT2D eigenvalue weighted by molar-refractivity contribution is 0.0107. The maximum Gasteiger partial charge on any atom is 0.100 e. The first-order valence-corrected chi connectivity index (χ1v) is 8.43. The highest BCUT2D eigenvalue weighted by Crippen LogP contribution is 2.56. The summed E-state index contributed by atoms with van der Waals surface area (Å²) in [5.74, 6) is 2.86. The Labute approximate surface area is 128 Å². The summed E-state index contributed by atoms with van der Waals surface area (Å²) in [6, 6.07) is 8.24. The minimum absolute atomic E-state index is 0.336. The second-order valence-electron chi connectivity index (χ2n) is 7.13. The highest BCUT2D eigenvalue weighted by atomic mass is 79.9. The first kappa shape index (κ1) is 12.7. The van der Waals surface area contributed by atoms with Gasteiger partial charge >= 0.3 is 0 Å². The summed E-state index contributed by atoms with van der Waals surface area (Å²) in [5, 5.41) is 12.9. The van der Waals surface area contributed by atoms with E-state index in [4.69, 9.17) is 5.26 Å². The van der Waals surface area contributed by atoms with Crippen LogP contribution in [0.25, 0.3) is 0 Å². The van der Waals surface area contributed by atoms with Crippen molar-refractivity contribution in [1.82, 2.24) is 0 Å². The van der Waals surface area contributed by atoms with Crippen LogP contribution in [0.2, 0.25) is 0 Å². The van der Waals surface area contributed by atoms with E-state index in [2.05, 4.69) is 39.4 Å². The van der Waals surface area contributed by atoms with Gasteiger partial charge in [-0.3, -0.25) is 0 Å². The van der Waals surface area contributed by atoms with Crippen molar-refractivity contribution in [3.63, 3.8) is 0 Å². The molecule has 104 valence electrons. The Morgan fingerprint density at radius 2 is 1.70 bits per heavy atom. The van der Waals surface area contributed by atoms with Crippen LogP contribution in [0, 0.1) is 29.1 Å². The lowest BCUT2D eigenvalue weighted by atomic mass is 9.53. The van der Waals surface area contributed by atoms with E-state index < -0.39 is 0 Å². The number of nitriles is 1. The second-order valence-corrected chi connectivity index (χ2v) is 7.98. The average Bonchev–Trinajstić information content (AvgIpc) is 2.36. The molecule has 4 aliphatic carbocycles. The zero-order valence-electron chi connectivity index (χ0n) is 11.5. The lowest BCUT2D eigenvalue weighted by Gasteiger charge is -2.57. The first-order valence-electron chi connectivity index (χ1n) is 7.64. The van der Waals surface area contributed by atoms with Gasteiger partial charge in [0, 0.05) is 15.7 Å². The summed E-state index contributed by atoms with van der Waals surface area (Å²) < 4.78 is 0.898. The van der Waals surface area contributed by atoms with Gasteiger partial charge in [0.25, 0.3) is 0 Å². The summed E-state index contributed by atoms with van der Waals surface area (Å²) in [5.41, 5.74) is 2.21. The molecule has 1 N–H and O–H groups in total. The number of anilines is 1. The quantitative estimate of drug-likeness (QED) is 0.852. The van der Waals surface area contributed by atoms with Crippen molar-refractivity contribution in [2.24, 2.45) is 17.8 Å². The highest BCUT2D eigenvalue weighted by molar-refractivity contribution is 9.10. The molecule has 1 aromatic carbocycles. The Bertz CT molecular complexity index is 552. The van der Waals surface area contributed by atoms with Gasteiger partial charge in [0.2, 0.25) is 0 Å². The predicted molar refractivity (Wildman–Crippen MR) is 83.4 cm³/mol. The van der Waals surface area contributed by atoms with Crippen LogP contribution in [-0.4, -0.2) is 5.54 Å². The number of hydrogen-bond acceptors (Lipinski definition) is 2. The topological polar surface area (TPSA) is 35.8 Å². The van der Waals surface area contributed by atoms with E-state index in [1.54, 1.807) is 0 Å². The van der Waals surface area contributed by atoms with Crippen LogP contribution < -0.4 is 5.32 Å². The van der Waals surface area contributed by atoms with Crippen molar-refractivity contribution in [2.75, 3.05) is 5.32 Å². The van der Waals surface area contributed by atoms with Crippen molar-refractivity contribution in [3.05, 3.63) is 28.2 Å². The number of halogens is 1. The molecule has 0 aromatic heterocycles. The Balaban J connectivity index is 1.60. The van der Waals surface area contributed by atoms with Crippen molar-refractivity contribution >= 4 is 21.6 Å². The fourth-order valence-corrected chi connectivity index (χ4v) is 5.72. The Morgan fingerprint density at radius 3 is 2.20 bits per heavy atom. The second kappa shape index (κ2) is 4.49. The zero-order chi connectivity index (χ0) is 13.7. The Morgan fingerprint density at radius 1 is 1.10 bits per heavy atom. The molecule has 0 atom stereocenters. The molecule has 0 aliphatic heterocycles. The summed E-state index contributed by atoms with van der Waals surface area (Å²) in [7, 11) is 0. The van der Waals surface area contributed by atoms with Crippen LogP contribution in [-0.2, 0) is 0 Å². The molecule has 1 aromatic rings. The number of nitrogens with zero attached hydrogens (tertiary/aromatic N) is 1. The minimum atomic E-state index is 0.336. The van der Waals surface area contributed by atoms with Gasteiger partial charge in [-0.05, 0) is 90.4 Å². The maximum atomic E-state index is 9.01. The van der Waals surface area contributed by atoms with Gasteiger partial charge in [0.05, 0.1) is 5.56 Å². The van der Waals surface area contributed by atoms with E-state index in [1.165, 1.54) is 38.5 Å². The molecule has 0 spiro atoms. The van der Waals surface area contributed by atoms with Crippen molar-refractivity contribution in [3.8, 4) is 6.07 Å². The summed E-state index contributed by atoms with van der Waals surface area (Å²) in [4.78, 5) is 0. The van der Waals surface area contributed by atoms with E-state index in [0.717, 1.165) is 27.9 Å². The molecule has 0 amide bonds. The number of nitrogens with one attached hydrogen (secondary N) is 1. The Kier molecular flexibility index (Phi) is 2.86. The third-order valence-corrected chi connectivity index (χ3v) is 6.19. The van der Waals surface area contributed by atoms with Gasteiger partial charge in [-0.2, -0.15) is 5.26 Å². The summed E-state index contributed by atoms with van der Waals surface area (Å²) in [6.07, 6.45) is 8.44. The summed E-state index contributed by atoms with van der Waals surface area (Å²) in [6.45, 7) is 0. The smallest absolute Gasteiger partial charge is 0.100 e. The van der Waals surface area contributed by atoms with Crippen LogP contribution in [0.15, 0.2) is 22.7 Å². The molecule has 0 heterocycles. The molecule has 5 rings (SSSR count). The van der Waals surface area contributed by atoms with Gasteiger partial charge in [-0.25, -0.2) is 0 Å². The number of hydrogen-bond donors (Lipinski definition) is 1. The average molecular weight is 331 g/mol. The van der Waals surface area contributed by atoms with Crippen molar-refractivity contribution in [1.29, 1.82) is 5.26 Å². The van der Waals surface area contributed by atoms with Crippen molar-refractivity contribution < 1.29 is 0 Å². The summed E-state index contributed by atoms with van der Waals surface area (Å²) >= 11 is 3.50.